The fourth-order valence-corrected chi connectivity index (χ4v) is 2.26. The van der Waals surface area contributed by atoms with Crippen molar-refractivity contribution in [3.8, 4) is 11.5 Å². The molecule has 0 aliphatic heterocycles. The van der Waals surface area contributed by atoms with Crippen LogP contribution in [0.4, 0.5) is 16.2 Å². The molecule has 9 heteroatoms. The summed E-state index contributed by atoms with van der Waals surface area (Å²) in [7, 11) is 3.00. The maximum absolute atomic E-state index is 12.3. The van der Waals surface area contributed by atoms with E-state index in [9.17, 15) is 14.9 Å². The minimum atomic E-state index is -0.544. The molecule has 2 aromatic rings. The standard InChI is InChI=1S/C17H18ClN3O5/c1-20(8-9-26-14-5-3-4-12(18)10-14)17(22)19-15-11-13(21(23)24)6-7-16(15)25-2/h3-7,10-11H,8-9H2,1-2H3,(H,19,22). The molecule has 2 amide bonds. The van der Waals surface area contributed by atoms with E-state index in [0.717, 1.165) is 0 Å². The van der Waals surface area contributed by atoms with Crippen molar-refractivity contribution in [2.75, 3.05) is 32.6 Å². The monoisotopic (exact) mass is 379 g/mol. The van der Waals surface area contributed by atoms with Gasteiger partial charge in [-0.15, -0.1) is 0 Å². The number of ether oxygens (including phenoxy) is 2. The molecule has 0 heterocycles. The maximum atomic E-state index is 12.3. The molecule has 0 atom stereocenters. The van der Waals surface area contributed by atoms with Gasteiger partial charge in [-0.3, -0.25) is 10.1 Å². The van der Waals surface area contributed by atoms with Crippen LogP contribution in [0, 0.1) is 10.1 Å². The number of carbonyl (C=O) groups is 1. The van der Waals surface area contributed by atoms with E-state index in [1.165, 1.54) is 30.2 Å². The van der Waals surface area contributed by atoms with E-state index in [2.05, 4.69) is 5.32 Å². The minimum Gasteiger partial charge on any atom is -0.495 e. The van der Waals surface area contributed by atoms with Crippen LogP contribution in [-0.4, -0.2) is 43.2 Å². The van der Waals surface area contributed by atoms with Crippen LogP contribution >= 0.6 is 11.6 Å². The highest BCUT2D eigenvalue weighted by molar-refractivity contribution is 6.30. The molecule has 0 radical (unpaired) electrons. The first-order valence-electron chi connectivity index (χ1n) is 7.63. The van der Waals surface area contributed by atoms with Crippen LogP contribution in [0.2, 0.25) is 5.02 Å². The first-order chi connectivity index (χ1) is 12.4. The molecule has 0 saturated heterocycles. The molecule has 0 unspecified atom stereocenters. The third kappa shape index (κ3) is 5.25. The molecule has 2 aromatic carbocycles. The number of benzene rings is 2. The Bertz CT molecular complexity index is 800. The van der Waals surface area contributed by atoms with Crippen LogP contribution in [0.15, 0.2) is 42.5 Å². The van der Waals surface area contributed by atoms with Gasteiger partial charge in [-0.05, 0) is 24.3 Å². The van der Waals surface area contributed by atoms with Gasteiger partial charge in [0.1, 0.15) is 18.1 Å². The molecule has 0 saturated carbocycles. The van der Waals surface area contributed by atoms with E-state index in [1.807, 2.05) is 0 Å². The van der Waals surface area contributed by atoms with E-state index in [0.29, 0.717) is 23.1 Å². The van der Waals surface area contributed by atoms with Crippen molar-refractivity contribution in [2.24, 2.45) is 0 Å². The molecule has 8 nitrogen and oxygen atoms in total. The fourth-order valence-electron chi connectivity index (χ4n) is 2.08. The van der Waals surface area contributed by atoms with E-state index in [1.54, 1.807) is 31.3 Å². The van der Waals surface area contributed by atoms with Crippen LogP contribution in [-0.2, 0) is 0 Å². The first-order valence-corrected chi connectivity index (χ1v) is 8.01. The number of nitro benzene ring substituents is 1. The molecular weight excluding hydrogens is 362 g/mol. The molecule has 0 aromatic heterocycles. The number of nitro groups is 1. The number of amides is 2. The van der Waals surface area contributed by atoms with Gasteiger partial charge in [-0.25, -0.2) is 4.79 Å². The lowest BCUT2D eigenvalue weighted by molar-refractivity contribution is -0.384. The molecule has 1 N–H and O–H groups in total. The van der Waals surface area contributed by atoms with E-state index in [-0.39, 0.29) is 18.0 Å². The zero-order chi connectivity index (χ0) is 19.1. The van der Waals surface area contributed by atoms with Gasteiger partial charge < -0.3 is 19.7 Å². The second-order valence-corrected chi connectivity index (χ2v) is 5.74. The normalized spacial score (nSPS) is 10.1. The molecular formula is C17H18ClN3O5. The molecule has 0 spiro atoms. The number of hydrogen-bond acceptors (Lipinski definition) is 5. The van der Waals surface area contributed by atoms with Gasteiger partial charge in [0.05, 0.1) is 24.3 Å². The van der Waals surface area contributed by atoms with Gasteiger partial charge >= 0.3 is 6.03 Å². The highest BCUT2D eigenvalue weighted by Gasteiger charge is 2.15. The number of halogens is 1. The Kier molecular flexibility index (Phi) is 6.62. The smallest absolute Gasteiger partial charge is 0.321 e. The van der Waals surface area contributed by atoms with Gasteiger partial charge in [0.25, 0.3) is 5.69 Å². The van der Waals surface area contributed by atoms with Crippen LogP contribution in [0.1, 0.15) is 0 Å². The summed E-state index contributed by atoms with van der Waals surface area (Å²) in [6, 6.07) is 10.5. The quantitative estimate of drug-likeness (QED) is 0.583. The lowest BCUT2D eigenvalue weighted by Gasteiger charge is -2.19. The molecule has 0 fully saturated rings. The Morgan fingerprint density at radius 1 is 1.31 bits per heavy atom. The van der Waals surface area contributed by atoms with Gasteiger partial charge in [-0.1, -0.05) is 17.7 Å². The van der Waals surface area contributed by atoms with Gasteiger partial charge in [0.15, 0.2) is 0 Å². The molecule has 0 aliphatic rings. The van der Waals surface area contributed by atoms with Crippen molar-refractivity contribution < 1.29 is 19.2 Å². The van der Waals surface area contributed by atoms with Crippen molar-refractivity contribution in [3.63, 3.8) is 0 Å². The number of urea groups is 1. The Balaban J connectivity index is 1.94. The highest BCUT2D eigenvalue weighted by Crippen LogP contribution is 2.29. The fraction of sp³-hybridized carbons (Fsp3) is 0.235. The maximum Gasteiger partial charge on any atom is 0.321 e. The summed E-state index contributed by atoms with van der Waals surface area (Å²) in [4.78, 5) is 24.0. The average Bonchev–Trinajstić information content (AvgIpc) is 2.61. The van der Waals surface area contributed by atoms with Crippen molar-refractivity contribution >= 4 is 29.0 Å². The minimum absolute atomic E-state index is 0.145. The third-order valence-corrected chi connectivity index (χ3v) is 3.71. The van der Waals surface area contributed by atoms with Crippen molar-refractivity contribution in [1.82, 2.24) is 4.90 Å². The summed E-state index contributed by atoms with van der Waals surface area (Å²) in [6.45, 7) is 0.561. The summed E-state index contributed by atoms with van der Waals surface area (Å²) in [5, 5.41) is 14.0. The molecule has 0 aliphatic carbocycles. The number of nitrogens with one attached hydrogen (secondary N) is 1. The third-order valence-electron chi connectivity index (χ3n) is 3.47. The van der Waals surface area contributed by atoms with Gasteiger partial charge in [0.2, 0.25) is 0 Å². The molecule has 26 heavy (non-hydrogen) atoms. The van der Waals surface area contributed by atoms with Crippen LogP contribution in [0.5, 0.6) is 11.5 Å². The predicted molar refractivity (Wildman–Crippen MR) is 98.2 cm³/mol. The van der Waals surface area contributed by atoms with Gasteiger partial charge in [0, 0.05) is 24.2 Å². The Labute approximate surface area is 155 Å². The number of anilines is 1. The van der Waals surface area contributed by atoms with E-state index < -0.39 is 11.0 Å². The SMILES string of the molecule is COc1ccc([N+](=O)[O-])cc1NC(=O)N(C)CCOc1cccc(Cl)c1. The van der Waals surface area contributed by atoms with E-state index in [4.69, 9.17) is 21.1 Å². The zero-order valence-corrected chi connectivity index (χ0v) is 15.0. The second kappa shape index (κ2) is 8.91. The summed E-state index contributed by atoms with van der Waals surface area (Å²) in [6.07, 6.45) is 0. The molecule has 138 valence electrons. The summed E-state index contributed by atoms with van der Waals surface area (Å²) < 4.78 is 10.7. The van der Waals surface area contributed by atoms with Crippen molar-refractivity contribution in [1.29, 1.82) is 0 Å². The highest BCUT2D eigenvalue weighted by atomic mass is 35.5. The topological polar surface area (TPSA) is 93.9 Å². The number of carbonyl (C=O) groups excluding carboxylic acids is 1. The lowest BCUT2D eigenvalue weighted by atomic mass is 10.2. The molecule has 2 rings (SSSR count). The van der Waals surface area contributed by atoms with Crippen LogP contribution in [0.3, 0.4) is 0 Å². The number of likely N-dealkylation sites (N-methyl/N-ethyl adjacent to an activating group) is 1. The number of hydrogen-bond donors (Lipinski definition) is 1. The number of methoxy groups -OCH3 is 1. The zero-order valence-electron chi connectivity index (χ0n) is 14.3. The number of rotatable bonds is 7. The van der Waals surface area contributed by atoms with Crippen molar-refractivity contribution in [2.45, 2.75) is 0 Å². The lowest BCUT2D eigenvalue weighted by Crippen LogP contribution is -2.34. The number of non-ortho nitro benzene ring substituents is 1. The summed E-state index contributed by atoms with van der Waals surface area (Å²) in [5.74, 6) is 0.930. The largest absolute Gasteiger partial charge is 0.495 e. The average molecular weight is 380 g/mol. The Morgan fingerprint density at radius 2 is 2.08 bits per heavy atom. The Hall–Kier alpha value is -3.00. The van der Waals surface area contributed by atoms with Crippen LogP contribution in [0.25, 0.3) is 0 Å². The van der Waals surface area contributed by atoms with Gasteiger partial charge in [-0.2, -0.15) is 0 Å². The summed E-state index contributed by atoms with van der Waals surface area (Å²) >= 11 is 5.88. The van der Waals surface area contributed by atoms with Crippen LogP contribution < -0.4 is 14.8 Å². The van der Waals surface area contributed by atoms with E-state index >= 15 is 0 Å². The predicted octanol–water partition coefficient (Wildman–Crippen LogP) is 3.80. The Morgan fingerprint density at radius 3 is 2.73 bits per heavy atom. The second-order valence-electron chi connectivity index (χ2n) is 5.30. The number of nitrogens with zero attached hydrogens (tertiary/aromatic N) is 2. The molecule has 0 bridgehead atoms. The summed E-state index contributed by atoms with van der Waals surface area (Å²) in [5.41, 5.74) is 0.0716. The van der Waals surface area contributed by atoms with Crippen molar-refractivity contribution in [3.05, 3.63) is 57.6 Å². The first kappa shape index (κ1) is 19.3.